The minimum atomic E-state index is -2.26. The predicted octanol–water partition coefficient (Wildman–Crippen LogP) is 6.46. The molecule has 6 rings (SSSR count). The summed E-state index contributed by atoms with van der Waals surface area (Å²) in [5.74, 6) is 0. The van der Waals surface area contributed by atoms with Crippen LogP contribution in [0.2, 0.25) is 13.1 Å². The van der Waals surface area contributed by atoms with E-state index in [1.165, 1.54) is 119 Å². The second-order valence-corrected chi connectivity index (χ2v) is 18.9. The first-order valence-corrected chi connectivity index (χ1v) is 21.4. The predicted molar refractivity (Wildman–Crippen MR) is 212 cm³/mol. The standard InChI is InChI=1S/C46H54Si.2ClH.Zr/c1-7-9-11-13-17-39-31-37-19-15-21-41(35-27-23-33(3)24-28-35)43(37)45(39)47(5,6)46-40(18-14-12-10-8-2)32-38-20-16-22-42(44(38)46)36-29-25-34(4)26-30-36;;;/h15-16,19-32H,7-14,17-18H2,1-6H3;2*1H;/q-2;;;+4/p-2. The van der Waals surface area contributed by atoms with Gasteiger partial charge in [0.1, 0.15) is 0 Å². The van der Waals surface area contributed by atoms with E-state index >= 15 is 0 Å². The number of benzene rings is 4. The topological polar surface area (TPSA) is 0 Å². The number of fused-ring (bicyclic) bond motifs is 2. The molecule has 50 heavy (non-hydrogen) atoms. The number of hydrogen-bond acceptors (Lipinski definition) is 0. The van der Waals surface area contributed by atoms with Crippen molar-refractivity contribution in [1.82, 2.24) is 0 Å². The molecule has 0 heterocycles. The van der Waals surface area contributed by atoms with Crippen molar-refractivity contribution in [3.63, 3.8) is 0 Å². The van der Waals surface area contributed by atoms with E-state index in [1.807, 2.05) is 0 Å². The molecule has 0 spiro atoms. The Labute approximate surface area is 335 Å². The molecular weight excluding hydrogens is 743 g/mol. The number of halogens is 2. The van der Waals surface area contributed by atoms with E-state index in [9.17, 15) is 0 Å². The van der Waals surface area contributed by atoms with Gasteiger partial charge in [-0.3, -0.25) is 0 Å². The molecule has 0 fully saturated rings. The molecule has 0 aliphatic heterocycles. The molecule has 0 saturated heterocycles. The third-order valence-corrected chi connectivity index (χ3v) is 14.2. The van der Waals surface area contributed by atoms with Crippen LogP contribution in [-0.4, -0.2) is 8.07 Å². The molecule has 0 atom stereocenters. The molecule has 0 aliphatic rings. The van der Waals surface area contributed by atoms with Gasteiger partial charge in [-0.15, -0.1) is 69.1 Å². The molecule has 0 aliphatic carbocycles. The van der Waals surface area contributed by atoms with Gasteiger partial charge in [0.25, 0.3) is 0 Å². The number of hydrogen-bond donors (Lipinski definition) is 0. The van der Waals surface area contributed by atoms with E-state index in [4.69, 9.17) is 0 Å². The van der Waals surface area contributed by atoms with Crippen molar-refractivity contribution >= 4 is 40.0 Å². The Bertz CT molecular complexity index is 1800. The molecule has 0 bridgehead atoms. The summed E-state index contributed by atoms with van der Waals surface area (Å²) in [7, 11) is -2.26. The molecule has 4 heteroatoms. The van der Waals surface area contributed by atoms with Gasteiger partial charge in [0.05, 0.1) is 0 Å². The number of aryl methyl sites for hydroxylation is 4. The average Bonchev–Trinajstić information content (AvgIpc) is 3.65. The molecule has 6 aromatic rings. The van der Waals surface area contributed by atoms with Crippen LogP contribution in [-0.2, 0) is 39.0 Å². The van der Waals surface area contributed by atoms with Crippen molar-refractivity contribution in [3.8, 4) is 22.3 Å². The van der Waals surface area contributed by atoms with Gasteiger partial charge in [-0.2, -0.15) is 10.4 Å². The summed E-state index contributed by atoms with van der Waals surface area (Å²) >= 11 is 0. The summed E-state index contributed by atoms with van der Waals surface area (Å²) in [6.45, 7) is 14.4. The van der Waals surface area contributed by atoms with Gasteiger partial charge in [-0.25, -0.2) is 0 Å². The fraction of sp³-hybridized carbons (Fsp3) is 0.348. The van der Waals surface area contributed by atoms with Crippen LogP contribution >= 0.6 is 0 Å². The van der Waals surface area contributed by atoms with Crippen LogP contribution in [0.3, 0.4) is 0 Å². The van der Waals surface area contributed by atoms with Crippen molar-refractivity contribution in [2.45, 2.75) is 105 Å². The maximum atomic E-state index is 2.68. The zero-order valence-corrected chi connectivity index (χ0v) is 36.0. The third-order valence-electron chi connectivity index (χ3n) is 10.6. The molecule has 0 aromatic heterocycles. The molecule has 0 radical (unpaired) electrons. The molecule has 0 nitrogen and oxygen atoms in total. The monoisotopic (exact) mass is 794 g/mol. The van der Waals surface area contributed by atoms with Crippen molar-refractivity contribution in [3.05, 3.63) is 119 Å². The average molecular weight is 797 g/mol. The molecular formula is C46H54Cl2SiZr. The van der Waals surface area contributed by atoms with Crippen LogP contribution in [0.5, 0.6) is 0 Å². The summed E-state index contributed by atoms with van der Waals surface area (Å²) < 4.78 is 0. The molecule has 0 unspecified atom stereocenters. The smallest absolute Gasteiger partial charge is 1.00 e. The number of rotatable bonds is 14. The van der Waals surface area contributed by atoms with Gasteiger partial charge in [0, 0.05) is 8.07 Å². The fourth-order valence-corrected chi connectivity index (χ4v) is 12.2. The van der Waals surface area contributed by atoms with Crippen LogP contribution in [0.4, 0.5) is 0 Å². The minimum absolute atomic E-state index is 0. The van der Waals surface area contributed by atoms with E-state index in [0.717, 1.165) is 0 Å². The Balaban J connectivity index is 0.00000225. The SMILES string of the molecule is CCCCCCc1[cH-]c2cccc(-c3ccc(C)cc3)c2c1[Si](C)(C)c1c(CCCCCC)[cH-]c2cccc(-c3ccc(C)cc3)c12.[Cl-].[Cl-].[Zr+4]. The van der Waals surface area contributed by atoms with Crippen LogP contribution in [0.15, 0.2) is 97.1 Å². The van der Waals surface area contributed by atoms with Crippen molar-refractivity contribution in [1.29, 1.82) is 0 Å². The summed E-state index contributed by atoms with van der Waals surface area (Å²) in [6, 6.07) is 37.7. The molecule has 260 valence electrons. The molecule has 0 N–H and O–H groups in total. The molecule has 0 amide bonds. The number of unbranched alkanes of at least 4 members (excludes halogenated alkanes) is 6. The maximum Gasteiger partial charge on any atom is 4.00 e. The Hall–Kier alpha value is -2.22. The van der Waals surface area contributed by atoms with Crippen LogP contribution < -0.4 is 35.2 Å². The first-order valence-electron chi connectivity index (χ1n) is 18.4. The van der Waals surface area contributed by atoms with Gasteiger partial charge in [-0.05, 0) is 37.8 Å². The van der Waals surface area contributed by atoms with E-state index in [0.29, 0.717) is 0 Å². The minimum Gasteiger partial charge on any atom is -1.00 e. The second-order valence-electron chi connectivity index (χ2n) is 14.6. The van der Waals surface area contributed by atoms with Crippen molar-refractivity contribution in [2.75, 3.05) is 0 Å². The first kappa shape index (κ1) is 42.2. The van der Waals surface area contributed by atoms with E-state index in [1.54, 1.807) is 21.5 Å². The van der Waals surface area contributed by atoms with Crippen molar-refractivity contribution in [2.24, 2.45) is 0 Å². The van der Waals surface area contributed by atoms with Crippen LogP contribution in [0, 0.1) is 13.8 Å². The van der Waals surface area contributed by atoms with Crippen LogP contribution in [0.25, 0.3) is 43.8 Å². The van der Waals surface area contributed by atoms with E-state index in [2.05, 4.69) is 138 Å². The summed E-state index contributed by atoms with van der Waals surface area (Å²) in [4.78, 5) is 0. The Morgan fingerprint density at radius 1 is 0.500 bits per heavy atom. The summed E-state index contributed by atoms with van der Waals surface area (Å²) in [5, 5.41) is 9.23. The largest absolute Gasteiger partial charge is 4.00 e. The quantitative estimate of drug-likeness (QED) is 0.0676. The van der Waals surface area contributed by atoms with Gasteiger partial charge in [-0.1, -0.05) is 161 Å². The first-order chi connectivity index (χ1) is 22.8. The van der Waals surface area contributed by atoms with Gasteiger partial charge < -0.3 is 24.8 Å². The Kier molecular flexibility index (Phi) is 16.1. The van der Waals surface area contributed by atoms with E-state index < -0.39 is 8.07 Å². The Morgan fingerprint density at radius 2 is 0.880 bits per heavy atom. The third kappa shape index (κ3) is 8.86. The Morgan fingerprint density at radius 3 is 1.24 bits per heavy atom. The summed E-state index contributed by atoms with van der Waals surface area (Å²) in [6.07, 6.45) is 12.7. The van der Waals surface area contributed by atoms with Crippen LogP contribution in [0.1, 0.15) is 87.5 Å². The summed E-state index contributed by atoms with van der Waals surface area (Å²) in [5.41, 5.74) is 11.3. The maximum absolute atomic E-state index is 2.68. The van der Waals surface area contributed by atoms with Gasteiger partial charge in [0.15, 0.2) is 0 Å². The van der Waals surface area contributed by atoms with Gasteiger partial charge in [0.2, 0.25) is 0 Å². The van der Waals surface area contributed by atoms with Crippen molar-refractivity contribution < 1.29 is 51.0 Å². The normalized spacial score (nSPS) is 11.3. The fourth-order valence-electron chi connectivity index (χ4n) is 8.16. The van der Waals surface area contributed by atoms with Gasteiger partial charge >= 0.3 is 26.2 Å². The molecule has 6 aromatic carbocycles. The second kappa shape index (κ2) is 19.0. The zero-order chi connectivity index (χ0) is 33.0. The molecule has 0 saturated carbocycles. The zero-order valence-electron chi connectivity index (χ0n) is 31.1. The van der Waals surface area contributed by atoms with E-state index in [-0.39, 0.29) is 51.0 Å².